The molecule has 1 amide bonds. The van der Waals surface area contributed by atoms with Gasteiger partial charge in [0.15, 0.2) is 0 Å². The van der Waals surface area contributed by atoms with Crippen LogP contribution in [-0.4, -0.2) is 24.7 Å². The normalized spacial score (nSPS) is 23.1. The third-order valence-corrected chi connectivity index (χ3v) is 5.07. The van der Waals surface area contributed by atoms with Crippen LogP contribution >= 0.6 is 0 Å². The van der Waals surface area contributed by atoms with Crippen molar-refractivity contribution in [2.24, 2.45) is 11.8 Å². The largest absolute Gasteiger partial charge is 0.493 e. The number of nitrogens with one attached hydrogen (secondary N) is 1. The summed E-state index contributed by atoms with van der Waals surface area (Å²) in [5, 5.41) is 3.11. The first kappa shape index (κ1) is 20.8. The highest BCUT2D eigenvalue weighted by Crippen LogP contribution is 2.37. The molecule has 2 rings (SSSR count). The highest BCUT2D eigenvalue weighted by atomic mass is 16.5. The molecule has 0 unspecified atom stereocenters. The zero-order valence-corrected chi connectivity index (χ0v) is 17.3. The second kappa shape index (κ2) is 8.90. The topological polar surface area (TPSA) is 47.6 Å². The third-order valence-electron chi connectivity index (χ3n) is 5.07. The van der Waals surface area contributed by atoms with Gasteiger partial charge in [-0.25, -0.2) is 0 Å². The minimum Gasteiger partial charge on any atom is -0.493 e. The van der Waals surface area contributed by atoms with E-state index in [2.05, 4.69) is 26.1 Å². The van der Waals surface area contributed by atoms with Gasteiger partial charge in [-0.1, -0.05) is 27.2 Å². The lowest BCUT2D eigenvalue weighted by Crippen LogP contribution is -2.48. The standard InChI is InChI=1S/C22H35NO3/c1-7-26-22(10-8-9-16(4)13-22)21(24)23-19-11-17(5)20(18(6)12-19)25-14-15(2)3/h11-12,15-16H,7-10,13-14H2,1-6H3,(H,23,24)/t16-,22+/m1/s1. The maximum absolute atomic E-state index is 13.1. The Balaban J connectivity index is 2.17. The molecule has 2 atom stereocenters. The van der Waals surface area contributed by atoms with E-state index in [1.807, 2.05) is 32.9 Å². The van der Waals surface area contributed by atoms with Crippen molar-refractivity contribution >= 4 is 11.6 Å². The lowest BCUT2D eigenvalue weighted by atomic mass is 9.78. The van der Waals surface area contributed by atoms with Crippen LogP contribution in [0.2, 0.25) is 0 Å². The second-order valence-corrected chi connectivity index (χ2v) is 8.23. The molecule has 0 heterocycles. The van der Waals surface area contributed by atoms with Crippen molar-refractivity contribution < 1.29 is 14.3 Å². The van der Waals surface area contributed by atoms with Gasteiger partial charge in [-0.05, 0) is 75.1 Å². The fraction of sp³-hybridized carbons (Fsp3) is 0.682. The maximum Gasteiger partial charge on any atom is 0.256 e. The van der Waals surface area contributed by atoms with E-state index in [4.69, 9.17) is 9.47 Å². The Morgan fingerprint density at radius 1 is 1.31 bits per heavy atom. The molecule has 1 aromatic carbocycles. The lowest BCUT2D eigenvalue weighted by molar-refractivity contribution is -0.147. The molecule has 0 aliphatic heterocycles. The van der Waals surface area contributed by atoms with Gasteiger partial charge in [0.1, 0.15) is 11.4 Å². The van der Waals surface area contributed by atoms with E-state index >= 15 is 0 Å². The van der Waals surface area contributed by atoms with Crippen LogP contribution in [0, 0.1) is 25.7 Å². The van der Waals surface area contributed by atoms with E-state index in [0.29, 0.717) is 25.0 Å². The highest BCUT2D eigenvalue weighted by Gasteiger charge is 2.42. The van der Waals surface area contributed by atoms with Crippen molar-refractivity contribution in [1.82, 2.24) is 0 Å². The summed E-state index contributed by atoms with van der Waals surface area (Å²) in [7, 11) is 0. The summed E-state index contributed by atoms with van der Waals surface area (Å²) in [5.74, 6) is 1.90. The summed E-state index contributed by atoms with van der Waals surface area (Å²) in [6, 6.07) is 3.99. The summed E-state index contributed by atoms with van der Waals surface area (Å²) in [5.41, 5.74) is 2.21. The number of benzene rings is 1. The Bertz CT molecular complexity index is 599. The Labute approximate surface area is 158 Å². The van der Waals surface area contributed by atoms with Gasteiger partial charge in [-0.15, -0.1) is 0 Å². The molecule has 0 aromatic heterocycles. The van der Waals surface area contributed by atoms with Gasteiger partial charge in [0.05, 0.1) is 6.61 Å². The molecule has 0 radical (unpaired) electrons. The highest BCUT2D eigenvalue weighted by molar-refractivity contribution is 5.97. The van der Waals surface area contributed by atoms with Crippen LogP contribution in [0.25, 0.3) is 0 Å². The average molecular weight is 362 g/mol. The molecule has 1 aliphatic rings. The zero-order chi connectivity index (χ0) is 19.3. The smallest absolute Gasteiger partial charge is 0.256 e. The quantitative estimate of drug-likeness (QED) is 0.720. The minimum absolute atomic E-state index is 0.0134. The van der Waals surface area contributed by atoms with Crippen LogP contribution in [0.3, 0.4) is 0 Å². The number of rotatable bonds is 7. The monoisotopic (exact) mass is 361 g/mol. The van der Waals surface area contributed by atoms with Crippen LogP contribution in [0.15, 0.2) is 12.1 Å². The predicted molar refractivity (Wildman–Crippen MR) is 107 cm³/mol. The number of anilines is 1. The molecule has 1 aromatic rings. The molecule has 26 heavy (non-hydrogen) atoms. The number of amides is 1. The van der Waals surface area contributed by atoms with E-state index in [-0.39, 0.29) is 5.91 Å². The number of ether oxygens (including phenoxy) is 2. The molecule has 1 fully saturated rings. The van der Waals surface area contributed by atoms with Crippen molar-refractivity contribution in [3.63, 3.8) is 0 Å². The summed E-state index contributed by atoms with van der Waals surface area (Å²) < 4.78 is 11.9. The van der Waals surface area contributed by atoms with E-state index < -0.39 is 5.60 Å². The fourth-order valence-electron chi connectivity index (χ4n) is 3.93. The number of carbonyl (C=O) groups excluding carboxylic acids is 1. The van der Waals surface area contributed by atoms with E-state index in [1.165, 1.54) is 6.42 Å². The minimum atomic E-state index is -0.693. The zero-order valence-electron chi connectivity index (χ0n) is 17.3. The molecule has 4 heteroatoms. The Morgan fingerprint density at radius 2 is 1.96 bits per heavy atom. The SMILES string of the molecule is CCO[C@@]1(C(=O)Nc2cc(C)c(OCC(C)C)c(C)c2)CCC[C@@H](C)C1. The first-order valence-corrected chi connectivity index (χ1v) is 9.97. The number of aryl methyl sites for hydroxylation is 2. The number of carbonyl (C=O) groups is 1. The van der Waals surface area contributed by atoms with Gasteiger partial charge in [0, 0.05) is 12.3 Å². The van der Waals surface area contributed by atoms with E-state index in [9.17, 15) is 4.79 Å². The van der Waals surface area contributed by atoms with Crippen molar-refractivity contribution in [2.75, 3.05) is 18.5 Å². The number of hydrogen-bond acceptors (Lipinski definition) is 3. The van der Waals surface area contributed by atoms with Crippen LogP contribution in [0.1, 0.15) is 64.5 Å². The molecule has 146 valence electrons. The molecule has 0 bridgehead atoms. The third kappa shape index (κ3) is 5.00. The van der Waals surface area contributed by atoms with Crippen molar-refractivity contribution in [1.29, 1.82) is 0 Å². The van der Waals surface area contributed by atoms with Gasteiger partial charge >= 0.3 is 0 Å². The van der Waals surface area contributed by atoms with Crippen molar-refractivity contribution in [2.45, 2.75) is 72.8 Å². The van der Waals surface area contributed by atoms with Crippen LogP contribution in [0.5, 0.6) is 5.75 Å². The summed E-state index contributed by atoms with van der Waals surface area (Å²) in [6.45, 7) is 13.7. The summed E-state index contributed by atoms with van der Waals surface area (Å²) >= 11 is 0. The fourth-order valence-corrected chi connectivity index (χ4v) is 3.93. The molecule has 0 spiro atoms. The maximum atomic E-state index is 13.1. The molecular weight excluding hydrogens is 326 g/mol. The summed E-state index contributed by atoms with van der Waals surface area (Å²) in [6.07, 6.45) is 3.79. The summed E-state index contributed by atoms with van der Waals surface area (Å²) in [4.78, 5) is 13.1. The number of hydrogen-bond donors (Lipinski definition) is 1. The van der Waals surface area contributed by atoms with Crippen LogP contribution in [-0.2, 0) is 9.53 Å². The van der Waals surface area contributed by atoms with Gasteiger partial charge < -0.3 is 14.8 Å². The average Bonchev–Trinajstić information content (AvgIpc) is 2.54. The molecule has 1 saturated carbocycles. The van der Waals surface area contributed by atoms with Crippen molar-refractivity contribution in [3.05, 3.63) is 23.3 Å². The molecule has 1 N–H and O–H groups in total. The molecular formula is C22H35NO3. The van der Waals surface area contributed by atoms with Crippen LogP contribution < -0.4 is 10.1 Å². The first-order valence-electron chi connectivity index (χ1n) is 9.97. The van der Waals surface area contributed by atoms with Gasteiger partial charge in [-0.2, -0.15) is 0 Å². The lowest BCUT2D eigenvalue weighted by Gasteiger charge is -2.38. The molecule has 1 aliphatic carbocycles. The molecule has 4 nitrogen and oxygen atoms in total. The predicted octanol–water partition coefficient (Wildman–Crippen LogP) is 5.26. The van der Waals surface area contributed by atoms with Gasteiger partial charge in [0.25, 0.3) is 5.91 Å². The Morgan fingerprint density at radius 3 is 2.50 bits per heavy atom. The van der Waals surface area contributed by atoms with Crippen LogP contribution in [0.4, 0.5) is 5.69 Å². The van der Waals surface area contributed by atoms with Crippen molar-refractivity contribution in [3.8, 4) is 5.75 Å². The molecule has 0 saturated heterocycles. The van der Waals surface area contributed by atoms with Gasteiger partial charge in [0.2, 0.25) is 0 Å². The van der Waals surface area contributed by atoms with E-state index in [1.54, 1.807) is 0 Å². The Hall–Kier alpha value is -1.55. The van der Waals surface area contributed by atoms with E-state index in [0.717, 1.165) is 41.8 Å². The Kier molecular flexibility index (Phi) is 7.10. The van der Waals surface area contributed by atoms with Gasteiger partial charge in [-0.3, -0.25) is 4.79 Å². The first-order chi connectivity index (χ1) is 12.3. The second-order valence-electron chi connectivity index (χ2n) is 8.23.